The zero-order valence-electron chi connectivity index (χ0n) is 17.5. The summed E-state index contributed by atoms with van der Waals surface area (Å²) < 4.78 is 70.1. The van der Waals surface area contributed by atoms with Gasteiger partial charge in [-0.15, -0.1) is 0 Å². The van der Waals surface area contributed by atoms with Crippen LogP contribution in [0.2, 0.25) is 0 Å². The summed E-state index contributed by atoms with van der Waals surface area (Å²) in [6.45, 7) is -2.47. The molecule has 3 aromatic rings. The molecule has 0 atom stereocenters. The molecule has 6 nitrogen and oxygen atoms in total. The maximum absolute atomic E-state index is 14.9. The second-order valence-electron chi connectivity index (χ2n) is 7.61. The minimum Gasteiger partial charge on any atom is -0.359 e. The van der Waals surface area contributed by atoms with E-state index in [0.29, 0.717) is 10.6 Å². The van der Waals surface area contributed by atoms with Crippen LogP contribution in [0.5, 0.6) is 0 Å². The van der Waals surface area contributed by atoms with Gasteiger partial charge in [0, 0.05) is 29.9 Å². The minimum absolute atomic E-state index is 0.0999. The molecule has 0 bridgehead atoms. The number of nitrogens with zero attached hydrogens (tertiary/aromatic N) is 3. The molecule has 176 valence electrons. The molecule has 2 N–H and O–H groups in total. The third-order valence-electron chi connectivity index (χ3n) is 5.22. The monoisotopic (exact) mass is 475 g/mol. The van der Waals surface area contributed by atoms with Crippen molar-refractivity contribution in [2.24, 2.45) is 0 Å². The molecular formula is C23H18F5N5O. The number of benzene rings is 2. The number of aromatic nitrogens is 2. The highest BCUT2D eigenvalue weighted by Gasteiger charge is 2.63. The van der Waals surface area contributed by atoms with Gasteiger partial charge in [-0.05, 0) is 36.4 Å². The van der Waals surface area contributed by atoms with E-state index in [9.17, 15) is 26.7 Å². The van der Waals surface area contributed by atoms with Gasteiger partial charge in [0.2, 0.25) is 5.43 Å². The molecule has 1 aliphatic heterocycles. The second kappa shape index (κ2) is 8.73. The number of anilines is 2. The molecule has 0 amide bonds. The molecule has 2 heterocycles. The molecule has 1 aliphatic rings. The molecule has 0 radical (unpaired) electrons. The lowest BCUT2D eigenvalue weighted by atomic mass is 10.2. The SMILES string of the molecule is N=C/C=C(\Nc1ccccc1)c1nn(-c2ccc(N3CC(F)(F)C(F)(F)C3)cc2F)ccc1=O. The Morgan fingerprint density at radius 3 is 2.32 bits per heavy atom. The summed E-state index contributed by atoms with van der Waals surface area (Å²) in [4.78, 5) is 13.2. The first kappa shape index (κ1) is 23.1. The summed E-state index contributed by atoms with van der Waals surface area (Å²) in [6, 6.07) is 13.3. The first-order valence-electron chi connectivity index (χ1n) is 10.0. The summed E-state index contributed by atoms with van der Waals surface area (Å²) in [5.74, 6) is -9.35. The zero-order chi connectivity index (χ0) is 24.5. The third kappa shape index (κ3) is 4.41. The fraction of sp³-hybridized carbons (Fsp3) is 0.174. The van der Waals surface area contributed by atoms with Crippen LogP contribution in [0.15, 0.2) is 71.7 Å². The van der Waals surface area contributed by atoms with Gasteiger partial charge < -0.3 is 15.6 Å². The lowest BCUT2D eigenvalue weighted by Crippen LogP contribution is -2.38. The summed E-state index contributed by atoms with van der Waals surface area (Å²) in [7, 11) is 0. The van der Waals surface area contributed by atoms with Crippen molar-refractivity contribution in [3.63, 3.8) is 0 Å². The van der Waals surface area contributed by atoms with E-state index in [-0.39, 0.29) is 22.8 Å². The Labute approximate surface area is 190 Å². The predicted octanol–water partition coefficient (Wildman–Crippen LogP) is 4.56. The molecule has 0 spiro atoms. The zero-order valence-corrected chi connectivity index (χ0v) is 17.5. The number of alkyl halides is 4. The quantitative estimate of drug-likeness (QED) is 0.405. The molecule has 34 heavy (non-hydrogen) atoms. The molecule has 1 aromatic heterocycles. The highest BCUT2D eigenvalue weighted by Crippen LogP contribution is 2.42. The van der Waals surface area contributed by atoms with Gasteiger partial charge in [0.15, 0.2) is 11.5 Å². The topological polar surface area (TPSA) is 74.0 Å². The Morgan fingerprint density at radius 2 is 1.71 bits per heavy atom. The van der Waals surface area contributed by atoms with E-state index in [1.165, 1.54) is 24.4 Å². The Balaban J connectivity index is 1.67. The van der Waals surface area contributed by atoms with Crippen molar-refractivity contribution in [1.82, 2.24) is 9.78 Å². The first-order valence-corrected chi connectivity index (χ1v) is 10.0. The first-order chi connectivity index (χ1) is 16.1. The van der Waals surface area contributed by atoms with Crippen LogP contribution in [0.3, 0.4) is 0 Å². The van der Waals surface area contributed by atoms with Gasteiger partial charge in [0.25, 0.3) is 0 Å². The number of nitrogens with one attached hydrogen (secondary N) is 2. The van der Waals surface area contributed by atoms with E-state index < -0.39 is 36.2 Å². The number of para-hydroxylation sites is 1. The van der Waals surface area contributed by atoms with E-state index in [4.69, 9.17) is 5.41 Å². The Kier molecular flexibility index (Phi) is 5.94. The maximum atomic E-state index is 14.9. The van der Waals surface area contributed by atoms with Gasteiger partial charge in [-0.2, -0.15) is 22.7 Å². The van der Waals surface area contributed by atoms with E-state index >= 15 is 0 Å². The standard InChI is InChI=1S/C23H18F5N5O/c24-17-12-16(32-13-22(25,26)23(27,28)14-32)6-7-19(17)33-11-9-20(34)21(31-33)18(8-10-29)30-15-4-2-1-3-5-15/h1-12,29-30H,13-14H2/b18-8-,29-10?. The van der Waals surface area contributed by atoms with Gasteiger partial charge in [0.1, 0.15) is 5.69 Å². The molecule has 11 heteroatoms. The van der Waals surface area contributed by atoms with E-state index in [1.807, 2.05) is 0 Å². The van der Waals surface area contributed by atoms with Crippen LogP contribution in [0.4, 0.5) is 33.3 Å². The smallest absolute Gasteiger partial charge is 0.329 e. The molecule has 0 saturated carbocycles. The number of hydrogen-bond acceptors (Lipinski definition) is 5. The fourth-order valence-corrected chi connectivity index (χ4v) is 3.50. The van der Waals surface area contributed by atoms with Crippen LogP contribution in [0.25, 0.3) is 11.4 Å². The van der Waals surface area contributed by atoms with Crippen molar-refractivity contribution in [3.8, 4) is 5.69 Å². The summed E-state index contributed by atoms with van der Waals surface area (Å²) >= 11 is 0. The molecule has 2 aromatic carbocycles. The highest BCUT2D eigenvalue weighted by molar-refractivity contribution is 5.86. The minimum atomic E-state index is -4.22. The van der Waals surface area contributed by atoms with E-state index in [0.717, 1.165) is 23.0 Å². The van der Waals surface area contributed by atoms with Crippen molar-refractivity contribution in [2.75, 3.05) is 23.3 Å². The Morgan fingerprint density at radius 1 is 1.03 bits per heavy atom. The number of rotatable bonds is 6. The van der Waals surface area contributed by atoms with Crippen molar-refractivity contribution in [3.05, 3.63) is 88.6 Å². The van der Waals surface area contributed by atoms with E-state index in [2.05, 4.69) is 10.4 Å². The van der Waals surface area contributed by atoms with Gasteiger partial charge in [-0.25, -0.2) is 9.07 Å². The van der Waals surface area contributed by atoms with Crippen molar-refractivity contribution >= 4 is 23.3 Å². The lowest BCUT2D eigenvalue weighted by molar-refractivity contribution is -0.172. The average molecular weight is 475 g/mol. The summed E-state index contributed by atoms with van der Waals surface area (Å²) in [5, 5.41) is 14.5. The van der Waals surface area contributed by atoms with Crippen molar-refractivity contribution in [2.45, 2.75) is 11.8 Å². The number of allylic oxidation sites excluding steroid dienone is 1. The number of halogens is 5. The second-order valence-corrected chi connectivity index (χ2v) is 7.61. The molecule has 0 unspecified atom stereocenters. The molecule has 4 rings (SSSR count). The van der Waals surface area contributed by atoms with Gasteiger partial charge in [-0.3, -0.25) is 4.79 Å². The highest BCUT2D eigenvalue weighted by atomic mass is 19.3. The van der Waals surface area contributed by atoms with Crippen LogP contribution in [-0.4, -0.2) is 40.9 Å². The predicted molar refractivity (Wildman–Crippen MR) is 119 cm³/mol. The van der Waals surface area contributed by atoms with Crippen LogP contribution in [-0.2, 0) is 0 Å². The van der Waals surface area contributed by atoms with Crippen LogP contribution >= 0.6 is 0 Å². The number of hydrogen-bond donors (Lipinski definition) is 2. The van der Waals surface area contributed by atoms with Crippen molar-refractivity contribution in [1.29, 1.82) is 5.41 Å². The van der Waals surface area contributed by atoms with Gasteiger partial charge in [0.05, 0.1) is 18.8 Å². The van der Waals surface area contributed by atoms with Crippen molar-refractivity contribution < 1.29 is 22.0 Å². The van der Waals surface area contributed by atoms with E-state index in [1.54, 1.807) is 30.3 Å². The Hall–Kier alpha value is -4.02. The largest absolute Gasteiger partial charge is 0.359 e. The normalized spacial score (nSPS) is 17.0. The fourth-order valence-electron chi connectivity index (χ4n) is 3.50. The van der Waals surface area contributed by atoms with Crippen LogP contribution in [0, 0.1) is 11.2 Å². The van der Waals surface area contributed by atoms with Gasteiger partial charge >= 0.3 is 11.8 Å². The van der Waals surface area contributed by atoms with Crippen LogP contribution in [0.1, 0.15) is 5.69 Å². The third-order valence-corrected chi connectivity index (χ3v) is 5.22. The molecule has 0 aliphatic carbocycles. The van der Waals surface area contributed by atoms with Gasteiger partial charge in [-0.1, -0.05) is 18.2 Å². The lowest BCUT2D eigenvalue weighted by Gasteiger charge is -2.18. The Bertz CT molecular complexity index is 1290. The molecular weight excluding hydrogens is 457 g/mol. The summed E-state index contributed by atoms with van der Waals surface area (Å²) in [6.07, 6.45) is 3.49. The van der Waals surface area contributed by atoms with Crippen LogP contribution < -0.4 is 15.6 Å². The average Bonchev–Trinajstić information content (AvgIpc) is 3.01. The summed E-state index contributed by atoms with van der Waals surface area (Å²) in [5.41, 5.74) is -0.0318. The maximum Gasteiger partial charge on any atom is 0.329 e. The molecule has 1 fully saturated rings. The molecule has 1 saturated heterocycles.